The fourth-order valence-electron chi connectivity index (χ4n) is 2.03. The highest BCUT2D eigenvalue weighted by atomic mass is 32.2. The Morgan fingerprint density at radius 1 is 1.47 bits per heavy atom. The lowest BCUT2D eigenvalue weighted by Crippen LogP contribution is -2.43. The van der Waals surface area contributed by atoms with Crippen LogP contribution in [0.3, 0.4) is 0 Å². The van der Waals surface area contributed by atoms with Crippen LogP contribution in [0.5, 0.6) is 0 Å². The number of nitrogens with zero attached hydrogens (tertiary/aromatic N) is 2. The van der Waals surface area contributed by atoms with Crippen molar-refractivity contribution in [3.63, 3.8) is 0 Å². The monoisotopic (exact) mass is 286 g/mol. The van der Waals surface area contributed by atoms with E-state index in [1.807, 2.05) is 10.8 Å². The summed E-state index contributed by atoms with van der Waals surface area (Å²) < 4.78 is 24.4. The number of carbonyl (C=O) groups is 1. The molecule has 0 spiro atoms. The van der Waals surface area contributed by atoms with Crippen LogP contribution in [-0.2, 0) is 16.4 Å². The van der Waals surface area contributed by atoms with Crippen molar-refractivity contribution in [2.75, 3.05) is 18.1 Å². The second kappa shape index (κ2) is 6.05. The second-order valence-electron chi connectivity index (χ2n) is 4.65. The molecule has 1 aliphatic heterocycles. The van der Waals surface area contributed by atoms with E-state index in [1.165, 1.54) is 0 Å². The van der Waals surface area contributed by atoms with Gasteiger partial charge >= 0.3 is 6.03 Å². The molecule has 1 saturated heterocycles. The minimum atomic E-state index is -2.95. The summed E-state index contributed by atoms with van der Waals surface area (Å²) in [6.07, 6.45) is 6.60. The van der Waals surface area contributed by atoms with Crippen molar-refractivity contribution >= 4 is 15.9 Å². The Morgan fingerprint density at radius 2 is 2.32 bits per heavy atom. The van der Waals surface area contributed by atoms with Crippen LogP contribution >= 0.6 is 0 Å². The Balaban J connectivity index is 1.60. The first-order valence-electron chi connectivity index (χ1n) is 6.26. The Bertz CT molecular complexity index is 512. The van der Waals surface area contributed by atoms with E-state index in [1.54, 1.807) is 12.5 Å². The van der Waals surface area contributed by atoms with Gasteiger partial charge in [-0.1, -0.05) is 0 Å². The van der Waals surface area contributed by atoms with Gasteiger partial charge in [0.25, 0.3) is 0 Å². The Labute approximate surface area is 112 Å². The molecule has 2 amide bonds. The number of carbonyl (C=O) groups excluding carboxylic acids is 1. The van der Waals surface area contributed by atoms with Crippen molar-refractivity contribution in [1.29, 1.82) is 0 Å². The Hall–Kier alpha value is -1.57. The highest BCUT2D eigenvalue weighted by molar-refractivity contribution is 7.91. The van der Waals surface area contributed by atoms with E-state index < -0.39 is 9.84 Å². The van der Waals surface area contributed by atoms with Gasteiger partial charge in [-0.2, -0.15) is 0 Å². The smallest absolute Gasteiger partial charge is 0.315 e. The molecule has 0 bridgehead atoms. The SMILES string of the molecule is O=C(NCCCn1ccnc1)N[C@H]1CCS(=O)(=O)C1. The number of nitrogens with one attached hydrogen (secondary N) is 2. The lowest BCUT2D eigenvalue weighted by atomic mass is 10.3. The molecule has 1 aliphatic rings. The van der Waals surface area contributed by atoms with E-state index in [2.05, 4.69) is 15.6 Å². The van der Waals surface area contributed by atoms with Crippen LogP contribution in [0.2, 0.25) is 0 Å². The molecule has 1 fully saturated rings. The predicted octanol–water partition coefficient (Wildman–Crippen LogP) is -0.240. The van der Waals surface area contributed by atoms with Crippen LogP contribution in [-0.4, -0.2) is 48.1 Å². The van der Waals surface area contributed by atoms with Gasteiger partial charge in [-0.15, -0.1) is 0 Å². The van der Waals surface area contributed by atoms with E-state index in [0.717, 1.165) is 13.0 Å². The largest absolute Gasteiger partial charge is 0.338 e. The molecule has 8 heteroatoms. The molecule has 0 aliphatic carbocycles. The number of amides is 2. The summed E-state index contributed by atoms with van der Waals surface area (Å²) in [6, 6.07) is -0.550. The standard InChI is InChI=1S/C11H18N4O3S/c16-11(14-10-2-7-19(17,18)8-10)13-3-1-5-15-6-4-12-9-15/h4,6,9-10H,1-3,5,7-8H2,(H2,13,14,16)/t10-/m0/s1. The summed E-state index contributed by atoms with van der Waals surface area (Å²) in [4.78, 5) is 15.5. The highest BCUT2D eigenvalue weighted by Crippen LogP contribution is 2.10. The van der Waals surface area contributed by atoms with Crippen molar-refractivity contribution in [2.45, 2.75) is 25.4 Å². The summed E-state index contributed by atoms with van der Waals surface area (Å²) in [6.45, 7) is 1.33. The highest BCUT2D eigenvalue weighted by Gasteiger charge is 2.28. The van der Waals surface area contributed by atoms with Gasteiger partial charge in [-0.25, -0.2) is 18.2 Å². The number of rotatable bonds is 5. The van der Waals surface area contributed by atoms with E-state index >= 15 is 0 Å². The number of sulfone groups is 1. The maximum Gasteiger partial charge on any atom is 0.315 e. The molecule has 1 aromatic heterocycles. The lowest BCUT2D eigenvalue weighted by molar-refractivity contribution is 0.237. The molecule has 0 unspecified atom stereocenters. The van der Waals surface area contributed by atoms with Crippen molar-refractivity contribution < 1.29 is 13.2 Å². The van der Waals surface area contributed by atoms with Gasteiger partial charge in [0, 0.05) is 31.5 Å². The molecule has 2 rings (SSSR count). The van der Waals surface area contributed by atoms with Gasteiger partial charge in [-0.05, 0) is 12.8 Å². The zero-order valence-corrected chi connectivity index (χ0v) is 11.4. The third-order valence-electron chi connectivity index (χ3n) is 3.01. The number of hydrogen-bond acceptors (Lipinski definition) is 4. The van der Waals surface area contributed by atoms with Crippen molar-refractivity contribution in [2.24, 2.45) is 0 Å². The lowest BCUT2D eigenvalue weighted by Gasteiger charge is -2.12. The van der Waals surface area contributed by atoms with Crippen LogP contribution in [0.15, 0.2) is 18.7 Å². The second-order valence-corrected chi connectivity index (χ2v) is 6.88. The summed E-state index contributed by atoms with van der Waals surface area (Å²) in [7, 11) is -2.95. The number of aromatic nitrogens is 2. The van der Waals surface area contributed by atoms with E-state index in [4.69, 9.17) is 0 Å². The normalized spacial score (nSPS) is 21.2. The summed E-state index contributed by atoms with van der Waals surface area (Å²) in [5, 5.41) is 5.40. The fraction of sp³-hybridized carbons (Fsp3) is 0.636. The van der Waals surface area contributed by atoms with Gasteiger partial charge in [0.05, 0.1) is 17.8 Å². The molecule has 1 aromatic rings. The maximum absolute atomic E-state index is 11.5. The molecule has 2 N–H and O–H groups in total. The molecule has 106 valence electrons. The minimum Gasteiger partial charge on any atom is -0.338 e. The topological polar surface area (TPSA) is 93.1 Å². The van der Waals surface area contributed by atoms with Crippen molar-refractivity contribution in [3.05, 3.63) is 18.7 Å². The van der Waals surface area contributed by atoms with Crippen LogP contribution in [0.1, 0.15) is 12.8 Å². The molecule has 2 heterocycles. The summed E-state index contributed by atoms with van der Waals surface area (Å²) in [5.74, 6) is 0.216. The maximum atomic E-state index is 11.5. The van der Waals surface area contributed by atoms with Gasteiger partial charge in [0.15, 0.2) is 9.84 Å². The predicted molar refractivity (Wildman–Crippen MR) is 70.4 cm³/mol. The average molecular weight is 286 g/mol. The van der Waals surface area contributed by atoms with Gasteiger partial charge < -0.3 is 15.2 Å². The quantitative estimate of drug-likeness (QED) is 0.731. The molecule has 7 nitrogen and oxygen atoms in total. The number of urea groups is 1. The van der Waals surface area contributed by atoms with Crippen LogP contribution in [0, 0.1) is 0 Å². The van der Waals surface area contributed by atoms with Crippen molar-refractivity contribution in [3.8, 4) is 0 Å². The number of aryl methyl sites for hydroxylation is 1. The fourth-order valence-corrected chi connectivity index (χ4v) is 3.70. The first-order chi connectivity index (χ1) is 9.05. The van der Waals surface area contributed by atoms with Gasteiger partial charge in [-0.3, -0.25) is 0 Å². The van der Waals surface area contributed by atoms with E-state index in [9.17, 15) is 13.2 Å². The van der Waals surface area contributed by atoms with Gasteiger partial charge in [0.2, 0.25) is 0 Å². The molecule has 19 heavy (non-hydrogen) atoms. The summed E-state index contributed by atoms with van der Waals surface area (Å²) >= 11 is 0. The molecule has 0 radical (unpaired) electrons. The molecular weight excluding hydrogens is 268 g/mol. The average Bonchev–Trinajstić information content (AvgIpc) is 2.94. The molecule has 0 aromatic carbocycles. The molecular formula is C11H18N4O3S. The zero-order chi connectivity index (χ0) is 13.7. The van der Waals surface area contributed by atoms with Crippen molar-refractivity contribution in [1.82, 2.24) is 20.2 Å². The minimum absolute atomic E-state index is 0.0510. The molecule has 0 saturated carbocycles. The van der Waals surface area contributed by atoms with Crippen LogP contribution in [0.4, 0.5) is 4.79 Å². The van der Waals surface area contributed by atoms with Crippen LogP contribution < -0.4 is 10.6 Å². The third-order valence-corrected chi connectivity index (χ3v) is 4.77. The van der Waals surface area contributed by atoms with Crippen LogP contribution in [0.25, 0.3) is 0 Å². The van der Waals surface area contributed by atoms with Gasteiger partial charge in [0.1, 0.15) is 0 Å². The zero-order valence-electron chi connectivity index (χ0n) is 10.6. The number of hydrogen-bond donors (Lipinski definition) is 2. The first-order valence-corrected chi connectivity index (χ1v) is 8.08. The summed E-state index contributed by atoms with van der Waals surface area (Å²) in [5.41, 5.74) is 0. The first kappa shape index (κ1) is 13.9. The Morgan fingerprint density at radius 3 is 2.95 bits per heavy atom. The van der Waals surface area contributed by atoms with E-state index in [-0.39, 0.29) is 23.6 Å². The Kier molecular flexibility index (Phi) is 4.41. The van der Waals surface area contributed by atoms with E-state index in [0.29, 0.717) is 13.0 Å². The molecule has 1 atom stereocenters. The third kappa shape index (κ3) is 4.55. The number of imidazole rings is 1.